The lowest BCUT2D eigenvalue weighted by Crippen LogP contribution is -2.57. The fourth-order valence-electron chi connectivity index (χ4n) is 12.5. The number of piperidine rings is 6. The quantitative estimate of drug-likeness (QED) is 0.235. The van der Waals surface area contributed by atoms with Gasteiger partial charge in [0.15, 0.2) is 0 Å². The van der Waals surface area contributed by atoms with Crippen molar-refractivity contribution in [3.05, 3.63) is 0 Å². The molecular formula is C53H106N6O. The van der Waals surface area contributed by atoms with Crippen LogP contribution in [0.3, 0.4) is 0 Å². The van der Waals surface area contributed by atoms with Gasteiger partial charge in [-0.15, -0.1) is 0 Å². The Labute approximate surface area is 375 Å². The molecule has 1 N–H and O–H groups in total. The smallest absolute Gasteiger partial charge is 0.0798 e. The molecule has 7 heteroatoms. The molecule has 1 saturated carbocycles. The molecule has 0 aromatic rings. The molecule has 1 spiro atoms. The van der Waals surface area contributed by atoms with Crippen LogP contribution < -0.4 is 0 Å². The highest BCUT2D eigenvalue weighted by atomic mass is 16.3. The van der Waals surface area contributed by atoms with E-state index in [0.717, 1.165) is 91.6 Å². The van der Waals surface area contributed by atoms with Crippen molar-refractivity contribution in [3.63, 3.8) is 0 Å². The maximum atomic E-state index is 10.8. The van der Waals surface area contributed by atoms with Gasteiger partial charge in [0.1, 0.15) is 0 Å². The molecule has 7 fully saturated rings. The summed E-state index contributed by atoms with van der Waals surface area (Å²) in [6.45, 7) is 45.8. The second-order valence-corrected chi connectivity index (χ2v) is 22.7. The third-order valence-electron chi connectivity index (χ3n) is 17.5. The topological polar surface area (TPSA) is 39.7 Å². The number of hydrogen-bond donors (Lipinski definition) is 1. The number of hydrogen-bond acceptors (Lipinski definition) is 7. The summed E-state index contributed by atoms with van der Waals surface area (Å²) in [6, 6.07) is 3.78. The van der Waals surface area contributed by atoms with Crippen molar-refractivity contribution in [1.82, 2.24) is 29.4 Å². The zero-order chi connectivity index (χ0) is 44.0. The molecule has 0 aromatic carbocycles. The zero-order valence-corrected chi connectivity index (χ0v) is 42.7. The Kier molecular flexibility index (Phi) is 22.2. The molecule has 0 atom stereocenters. The standard InChI is InChI=1S/C19H36N2.C16H32N2O.C16H32N2.C2H6/c1-15(2)17-5-9-21(10-6-17)18-13-19(14-18)7-11-20(12-8-19)16(3)4;1-4-15-5-9-17(10-6-15)13-16(19)7-11-18(12-8-16)14(2)3;1-13(2)17-9-5-15(6-10-17)16-7-11-18(12-8-16)14(3)4;1-2/h15-18H,5-14H2,1-4H3;14-15,19H,4-13H2,1-3H3;13-16H,5-12H2,1-4H3;1-2H3. The first kappa shape index (κ1) is 52.3. The molecule has 60 heavy (non-hydrogen) atoms. The van der Waals surface area contributed by atoms with Gasteiger partial charge in [0.25, 0.3) is 0 Å². The van der Waals surface area contributed by atoms with Crippen LogP contribution in [0.2, 0.25) is 0 Å². The molecule has 6 heterocycles. The third kappa shape index (κ3) is 15.7. The van der Waals surface area contributed by atoms with Crippen molar-refractivity contribution in [3.8, 4) is 0 Å². The molecule has 7 nitrogen and oxygen atoms in total. The van der Waals surface area contributed by atoms with Gasteiger partial charge < -0.3 is 34.5 Å². The molecule has 6 saturated heterocycles. The molecule has 6 aliphatic heterocycles. The summed E-state index contributed by atoms with van der Waals surface area (Å²) < 4.78 is 0. The molecule has 7 aliphatic rings. The maximum absolute atomic E-state index is 10.8. The molecule has 0 bridgehead atoms. The lowest BCUT2D eigenvalue weighted by molar-refractivity contribution is -0.0574. The van der Waals surface area contributed by atoms with Crippen LogP contribution in [-0.4, -0.2) is 155 Å². The zero-order valence-electron chi connectivity index (χ0n) is 42.7. The monoisotopic (exact) mass is 843 g/mol. The average Bonchev–Trinajstić information content (AvgIpc) is 3.24. The van der Waals surface area contributed by atoms with E-state index in [4.69, 9.17) is 0 Å². The van der Waals surface area contributed by atoms with Crippen LogP contribution in [0.5, 0.6) is 0 Å². The Morgan fingerprint density at radius 2 is 0.867 bits per heavy atom. The average molecular weight is 843 g/mol. The van der Waals surface area contributed by atoms with E-state index in [0.29, 0.717) is 6.04 Å². The van der Waals surface area contributed by atoms with E-state index in [-0.39, 0.29) is 0 Å². The Balaban J connectivity index is 0.000000195. The lowest BCUT2D eigenvalue weighted by atomic mass is 9.59. The van der Waals surface area contributed by atoms with E-state index in [9.17, 15) is 5.11 Å². The highest BCUT2D eigenvalue weighted by Crippen LogP contribution is 2.51. The van der Waals surface area contributed by atoms with Crippen LogP contribution in [0.25, 0.3) is 0 Å². The largest absolute Gasteiger partial charge is 0.388 e. The van der Waals surface area contributed by atoms with Gasteiger partial charge in [-0.1, -0.05) is 41.0 Å². The summed E-state index contributed by atoms with van der Waals surface area (Å²) in [5.41, 5.74) is 0.315. The van der Waals surface area contributed by atoms with Gasteiger partial charge in [-0.25, -0.2) is 0 Å². The van der Waals surface area contributed by atoms with E-state index in [1.165, 1.54) is 149 Å². The highest BCUT2D eigenvalue weighted by Gasteiger charge is 2.48. The Hall–Kier alpha value is -0.280. The van der Waals surface area contributed by atoms with Gasteiger partial charge in [0.2, 0.25) is 0 Å². The highest BCUT2D eigenvalue weighted by molar-refractivity contribution is 5.02. The van der Waals surface area contributed by atoms with Gasteiger partial charge in [-0.2, -0.15) is 0 Å². The normalized spacial score (nSPS) is 26.9. The van der Waals surface area contributed by atoms with Gasteiger partial charge in [0, 0.05) is 49.8 Å². The lowest BCUT2D eigenvalue weighted by Gasteiger charge is -2.56. The summed E-state index contributed by atoms with van der Waals surface area (Å²) in [5.74, 6) is 4.85. The van der Waals surface area contributed by atoms with E-state index in [2.05, 4.69) is 106 Å². The Morgan fingerprint density at radius 1 is 0.483 bits per heavy atom. The van der Waals surface area contributed by atoms with E-state index in [1.807, 2.05) is 13.8 Å². The number of likely N-dealkylation sites (tertiary alicyclic amines) is 6. The molecule has 7 rings (SSSR count). The summed E-state index contributed by atoms with van der Waals surface area (Å²) in [5, 5.41) is 10.8. The van der Waals surface area contributed by atoms with Crippen molar-refractivity contribution in [2.75, 3.05) is 85.1 Å². The molecule has 0 unspecified atom stereocenters. The molecule has 0 aromatic heterocycles. The number of nitrogens with zero attached hydrogens (tertiary/aromatic N) is 6. The van der Waals surface area contributed by atoms with E-state index in [1.54, 1.807) is 0 Å². The van der Waals surface area contributed by atoms with Crippen LogP contribution >= 0.6 is 0 Å². The second kappa shape index (κ2) is 25.4. The SMILES string of the molecule is CC.CC(C)C1CCN(C2CC3(CCN(C(C)C)CC3)C2)CC1.CC(C)N1CCC(C2CCN(C(C)C)CC2)CC1.CCC1CCN(CC2(O)CCN(C(C)C)CC2)CC1. The van der Waals surface area contributed by atoms with Gasteiger partial charge in [0.05, 0.1) is 5.60 Å². The summed E-state index contributed by atoms with van der Waals surface area (Å²) in [7, 11) is 0. The van der Waals surface area contributed by atoms with Crippen molar-refractivity contribution in [2.24, 2.45) is 35.0 Å². The van der Waals surface area contributed by atoms with Gasteiger partial charge >= 0.3 is 0 Å². The van der Waals surface area contributed by atoms with Crippen LogP contribution in [0.1, 0.15) is 186 Å². The molecule has 354 valence electrons. The molecule has 0 radical (unpaired) electrons. The predicted octanol–water partition coefficient (Wildman–Crippen LogP) is 10.6. The minimum absolute atomic E-state index is 0.426. The predicted molar refractivity (Wildman–Crippen MR) is 261 cm³/mol. The number of β-amino-alcohol motifs (C(OH)–C–C–N with tert-alkyl or cyclic N) is 1. The fraction of sp³-hybridized carbons (Fsp3) is 1.00. The van der Waals surface area contributed by atoms with Gasteiger partial charge in [-0.3, -0.25) is 0 Å². The first-order chi connectivity index (χ1) is 28.6. The number of rotatable bonds is 10. The van der Waals surface area contributed by atoms with E-state index < -0.39 is 5.60 Å². The minimum Gasteiger partial charge on any atom is -0.388 e. The van der Waals surface area contributed by atoms with Crippen molar-refractivity contribution >= 4 is 0 Å². The van der Waals surface area contributed by atoms with Gasteiger partial charge in [-0.05, 0) is 246 Å². The molecule has 1 aliphatic carbocycles. The van der Waals surface area contributed by atoms with Crippen molar-refractivity contribution in [1.29, 1.82) is 0 Å². The third-order valence-corrected chi connectivity index (χ3v) is 17.5. The fourth-order valence-corrected chi connectivity index (χ4v) is 12.5. The number of aliphatic hydroxyl groups is 1. The molecular weight excluding hydrogens is 737 g/mol. The van der Waals surface area contributed by atoms with Crippen molar-refractivity contribution in [2.45, 2.75) is 222 Å². The summed E-state index contributed by atoms with van der Waals surface area (Å²) in [6.07, 6.45) is 20.5. The van der Waals surface area contributed by atoms with Crippen LogP contribution in [0, 0.1) is 35.0 Å². The first-order valence-electron chi connectivity index (χ1n) is 26.7. The first-order valence-corrected chi connectivity index (χ1v) is 26.7. The summed E-state index contributed by atoms with van der Waals surface area (Å²) >= 11 is 0. The minimum atomic E-state index is -0.426. The molecule has 0 amide bonds. The second-order valence-electron chi connectivity index (χ2n) is 22.7. The Morgan fingerprint density at radius 3 is 1.23 bits per heavy atom. The van der Waals surface area contributed by atoms with Crippen molar-refractivity contribution < 1.29 is 5.11 Å². The van der Waals surface area contributed by atoms with Crippen LogP contribution in [-0.2, 0) is 0 Å². The maximum Gasteiger partial charge on any atom is 0.0798 e. The Bertz CT molecular complexity index is 1080. The van der Waals surface area contributed by atoms with Crippen LogP contribution in [0.4, 0.5) is 0 Å². The summed E-state index contributed by atoms with van der Waals surface area (Å²) in [4.78, 5) is 15.8. The van der Waals surface area contributed by atoms with E-state index >= 15 is 0 Å². The van der Waals surface area contributed by atoms with Crippen LogP contribution in [0.15, 0.2) is 0 Å².